The zero-order valence-electron chi connectivity index (χ0n) is 13.9. The fraction of sp³-hybridized carbons (Fsp3) is 0.158. The molecule has 0 atom stereocenters. The quantitative estimate of drug-likeness (QED) is 0.681. The molecule has 3 aromatic rings. The average molecular weight is 338 g/mol. The van der Waals surface area contributed by atoms with Gasteiger partial charge >= 0.3 is 0 Å². The number of anilines is 3. The van der Waals surface area contributed by atoms with E-state index in [0.717, 1.165) is 12.2 Å². The van der Waals surface area contributed by atoms with Gasteiger partial charge in [0.25, 0.3) is 0 Å². The summed E-state index contributed by atoms with van der Waals surface area (Å²) in [7, 11) is 1.65. The van der Waals surface area contributed by atoms with E-state index in [4.69, 9.17) is 4.74 Å². The average Bonchev–Trinajstić information content (AvgIpc) is 2.63. The van der Waals surface area contributed by atoms with Crippen LogP contribution in [0.2, 0.25) is 0 Å². The first kappa shape index (κ1) is 16.7. The second kappa shape index (κ2) is 8.10. The van der Waals surface area contributed by atoms with Gasteiger partial charge < -0.3 is 15.4 Å². The largest absolute Gasteiger partial charge is 0.497 e. The second-order valence-electron chi connectivity index (χ2n) is 5.43. The monoisotopic (exact) mass is 338 g/mol. The third-order valence-corrected chi connectivity index (χ3v) is 3.61. The molecule has 0 unspecified atom stereocenters. The van der Waals surface area contributed by atoms with Gasteiger partial charge in [0, 0.05) is 18.4 Å². The minimum Gasteiger partial charge on any atom is -0.497 e. The Morgan fingerprint density at radius 3 is 2.68 bits per heavy atom. The van der Waals surface area contributed by atoms with Crippen molar-refractivity contribution in [1.82, 2.24) is 9.97 Å². The maximum absolute atomic E-state index is 13.2. The predicted molar refractivity (Wildman–Crippen MR) is 96.9 cm³/mol. The van der Waals surface area contributed by atoms with Crippen molar-refractivity contribution in [2.45, 2.75) is 6.42 Å². The molecule has 3 rings (SSSR count). The smallest absolute Gasteiger partial charge is 0.224 e. The van der Waals surface area contributed by atoms with Gasteiger partial charge in [-0.1, -0.05) is 18.2 Å². The fourth-order valence-electron chi connectivity index (χ4n) is 2.34. The zero-order valence-corrected chi connectivity index (χ0v) is 13.9. The van der Waals surface area contributed by atoms with Crippen LogP contribution in [-0.4, -0.2) is 23.6 Å². The van der Waals surface area contributed by atoms with Crippen molar-refractivity contribution in [2.24, 2.45) is 0 Å². The molecule has 0 radical (unpaired) electrons. The molecule has 2 N–H and O–H groups in total. The Bertz CT molecular complexity index is 824. The van der Waals surface area contributed by atoms with Crippen LogP contribution in [0.4, 0.5) is 21.8 Å². The van der Waals surface area contributed by atoms with E-state index in [1.807, 2.05) is 24.3 Å². The summed E-state index contributed by atoms with van der Waals surface area (Å²) in [6, 6.07) is 15.9. The van der Waals surface area contributed by atoms with Gasteiger partial charge in [-0.2, -0.15) is 4.98 Å². The van der Waals surface area contributed by atoms with Crippen LogP contribution in [0.1, 0.15) is 5.56 Å². The molecule has 0 aliphatic rings. The number of nitrogens with one attached hydrogen (secondary N) is 2. The molecule has 25 heavy (non-hydrogen) atoms. The zero-order chi connectivity index (χ0) is 17.5. The lowest BCUT2D eigenvalue weighted by Gasteiger charge is -2.09. The number of nitrogens with zero attached hydrogens (tertiary/aromatic N) is 2. The van der Waals surface area contributed by atoms with Crippen molar-refractivity contribution in [3.63, 3.8) is 0 Å². The van der Waals surface area contributed by atoms with E-state index in [0.29, 0.717) is 24.0 Å². The van der Waals surface area contributed by atoms with E-state index in [1.54, 1.807) is 31.5 Å². The Balaban J connectivity index is 1.56. The summed E-state index contributed by atoms with van der Waals surface area (Å²) in [4.78, 5) is 8.58. The highest BCUT2D eigenvalue weighted by atomic mass is 19.1. The summed E-state index contributed by atoms with van der Waals surface area (Å²) in [5.74, 6) is 1.68. The van der Waals surface area contributed by atoms with Crippen molar-refractivity contribution in [3.8, 4) is 5.75 Å². The Morgan fingerprint density at radius 2 is 1.92 bits per heavy atom. The number of hydrogen-bond donors (Lipinski definition) is 2. The molecule has 0 amide bonds. The summed E-state index contributed by atoms with van der Waals surface area (Å²) < 4.78 is 18.4. The highest BCUT2D eigenvalue weighted by Gasteiger charge is 2.01. The first-order valence-corrected chi connectivity index (χ1v) is 7.95. The number of halogens is 1. The molecule has 0 aliphatic heterocycles. The summed E-state index contributed by atoms with van der Waals surface area (Å²) in [5.41, 5.74) is 1.84. The van der Waals surface area contributed by atoms with Crippen LogP contribution in [0.3, 0.4) is 0 Å². The molecule has 0 spiro atoms. The standard InChI is InChI=1S/C19H19FN4O/c1-25-17-7-5-14(6-8-17)9-11-21-19-22-12-10-18(24-19)23-16-4-2-3-15(20)13-16/h2-8,10,12-13H,9,11H2,1H3,(H2,21,22,23,24). The lowest BCUT2D eigenvalue weighted by atomic mass is 10.1. The summed E-state index contributed by atoms with van der Waals surface area (Å²) >= 11 is 0. The molecule has 5 nitrogen and oxygen atoms in total. The van der Waals surface area contributed by atoms with Crippen molar-refractivity contribution < 1.29 is 9.13 Å². The molecule has 1 aromatic heterocycles. The van der Waals surface area contributed by atoms with Gasteiger partial charge in [0.15, 0.2) is 0 Å². The minimum absolute atomic E-state index is 0.295. The first-order chi connectivity index (χ1) is 12.2. The lowest BCUT2D eigenvalue weighted by molar-refractivity contribution is 0.414. The maximum atomic E-state index is 13.2. The number of ether oxygens (including phenoxy) is 1. The number of benzene rings is 2. The molecular weight excluding hydrogens is 319 g/mol. The van der Waals surface area contributed by atoms with Gasteiger partial charge in [0.2, 0.25) is 5.95 Å². The van der Waals surface area contributed by atoms with Crippen LogP contribution in [0, 0.1) is 5.82 Å². The molecule has 0 fully saturated rings. The van der Waals surface area contributed by atoms with Crippen LogP contribution in [0.5, 0.6) is 5.75 Å². The fourth-order valence-corrected chi connectivity index (χ4v) is 2.34. The van der Waals surface area contributed by atoms with Crippen molar-refractivity contribution >= 4 is 17.5 Å². The highest BCUT2D eigenvalue weighted by Crippen LogP contribution is 2.16. The van der Waals surface area contributed by atoms with E-state index >= 15 is 0 Å². The Kier molecular flexibility index (Phi) is 5.41. The second-order valence-corrected chi connectivity index (χ2v) is 5.43. The summed E-state index contributed by atoms with van der Waals surface area (Å²) in [6.07, 6.45) is 2.50. The van der Waals surface area contributed by atoms with E-state index in [9.17, 15) is 4.39 Å². The van der Waals surface area contributed by atoms with Crippen molar-refractivity contribution in [1.29, 1.82) is 0 Å². The third-order valence-electron chi connectivity index (χ3n) is 3.61. The van der Waals surface area contributed by atoms with Crippen LogP contribution in [0.15, 0.2) is 60.8 Å². The molecule has 6 heteroatoms. The number of rotatable bonds is 7. The molecule has 128 valence electrons. The van der Waals surface area contributed by atoms with Crippen LogP contribution < -0.4 is 15.4 Å². The third kappa shape index (κ3) is 4.91. The maximum Gasteiger partial charge on any atom is 0.224 e. The van der Waals surface area contributed by atoms with Gasteiger partial charge in [0.05, 0.1) is 7.11 Å². The van der Waals surface area contributed by atoms with Crippen LogP contribution in [-0.2, 0) is 6.42 Å². The minimum atomic E-state index is -0.295. The normalized spacial score (nSPS) is 10.3. The Hall–Kier alpha value is -3.15. The van der Waals surface area contributed by atoms with Gasteiger partial charge in [-0.15, -0.1) is 0 Å². The van der Waals surface area contributed by atoms with Crippen LogP contribution >= 0.6 is 0 Å². The molecule has 1 heterocycles. The highest BCUT2D eigenvalue weighted by molar-refractivity contribution is 5.56. The number of methoxy groups -OCH3 is 1. The molecular formula is C19H19FN4O. The van der Waals surface area contributed by atoms with E-state index < -0.39 is 0 Å². The lowest BCUT2D eigenvalue weighted by Crippen LogP contribution is -2.08. The van der Waals surface area contributed by atoms with Gasteiger partial charge in [-0.3, -0.25) is 0 Å². The Morgan fingerprint density at radius 1 is 1.08 bits per heavy atom. The summed E-state index contributed by atoms with van der Waals surface area (Å²) in [5, 5.41) is 6.25. The number of aromatic nitrogens is 2. The number of hydrogen-bond acceptors (Lipinski definition) is 5. The van der Waals surface area contributed by atoms with Crippen LogP contribution in [0.25, 0.3) is 0 Å². The van der Waals surface area contributed by atoms with E-state index in [2.05, 4.69) is 20.6 Å². The van der Waals surface area contributed by atoms with E-state index in [1.165, 1.54) is 17.7 Å². The molecule has 0 saturated heterocycles. The first-order valence-electron chi connectivity index (χ1n) is 7.95. The topological polar surface area (TPSA) is 59.1 Å². The van der Waals surface area contributed by atoms with Gasteiger partial charge in [0.1, 0.15) is 17.4 Å². The predicted octanol–water partition coefficient (Wildman–Crippen LogP) is 4.02. The van der Waals surface area contributed by atoms with E-state index in [-0.39, 0.29) is 5.82 Å². The van der Waals surface area contributed by atoms with Gasteiger partial charge in [-0.05, 0) is 48.4 Å². The summed E-state index contributed by atoms with van der Waals surface area (Å²) in [6.45, 7) is 0.704. The molecule has 0 saturated carbocycles. The molecule has 0 bridgehead atoms. The Labute approximate surface area is 145 Å². The SMILES string of the molecule is COc1ccc(CCNc2nccc(Nc3cccc(F)c3)n2)cc1. The van der Waals surface area contributed by atoms with Gasteiger partial charge in [-0.25, -0.2) is 9.37 Å². The molecule has 2 aromatic carbocycles. The van der Waals surface area contributed by atoms with Crippen molar-refractivity contribution in [2.75, 3.05) is 24.3 Å². The molecule has 0 aliphatic carbocycles. The van der Waals surface area contributed by atoms with Crippen molar-refractivity contribution in [3.05, 3.63) is 72.2 Å².